The summed E-state index contributed by atoms with van der Waals surface area (Å²) in [5.74, 6) is 1.44. The Morgan fingerprint density at radius 2 is 2.04 bits per heavy atom. The van der Waals surface area contributed by atoms with Gasteiger partial charge in [-0.15, -0.1) is 0 Å². The van der Waals surface area contributed by atoms with Gasteiger partial charge < -0.3 is 15.4 Å². The standard InChI is InChI=1S/C19H25N3O2/c1-3-4-7-11-21-19(23)15-10-12-20-18(13-15)22-14-16-8-5-6-9-17(16)24-2/h5-6,8-10,12-13H,3-4,7,11,14H2,1-2H3,(H,20,22)(H,21,23). The van der Waals surface area contributed by atoms with Crippen LogP contribution in [-0.2, 0) is 6.54 Å². The van der Waals surface area contributed by atoms with Gasteiger partial charge in [0.1, 0.15) is 11.6 Å². The molecule has 0 fully saturated rings. The zero-order valence-corrected chi connectivity index (χ0v) is 14.3. The minimum Gasteiger partial charge on any atom is -0.496 e. The molecule has 0 aliphatic rings. The van der Waals surface area contributed by atoms with Crippen molar-refractivity contribution in [3.63, 3.8) is 0 Å². The monoisotopic (exact) mass is 327 g/mol. The summed E-state index contributed by atoms with van der Waals surface area (Å²) >= 11 is 0. The van der Waals surface area contributed by atoms with E-state index in [9.17, 15) is 4.79 Å². The van der Waals surface area contributed by atoms with E-state index in [1.807, 2.05) is 24.3 Å². The number of methoxy groups -OCH3 is 1. The molecule has 128 valence electrons. The zero-order chi connectivity index (χ0) is 17.2. The molecule has 0 saturated heterocycles. The molecule has 0 aliphatic carbocycles. The number of nitrogens with one attached hydrogen (secondary N) is 2. The molecule has 0 aliphatic heterocycles. The molecule has 1 aromatic carbocycles. The van der Waals surface area contributed by atoms with Crippen molar-refractivity contribution in [3.05, 3.63) is 53.7 Å². The van der Waals surface area contributed by atoms with Gasteiger partial charge >= 0.3 is 0 Å². The Balaban J connectivity index is 1.93. The molecule has 0 radical (unpaired) electrons. The van der Waals surface area contributed by atoms with E-state index in [2.05, 4.69) is 22.5 Å². The van der Waals surface area contributed by atoms with Crippen LogP contribution in [0.1, 0.15) is 42.1 Å². The largest absolute Gasteiger partial charge is 0.496 e. The molecule has 1 aromatic heterocycles. The van der Waals surface area contributed by atoms with Gasteiger partial charge in [-0.05, 0) is 24.6 Å². The third-order valence-corrected chi connectivity index (χ3v) is 3.74. The van der Waals surface area contributed by atoms with E-state index in [4.69, 9.17) is 4.74 Å². The number of para-hydroxylation sites is 1. The first-order valence-corrected chi connectivity index (χ1v) is 8.34. The summed E-state index contributed by atoms with van der Waals surface area (Å²) in [5.41, 5.74) is 1.65. The van der Waals surface area contributed by atoms with Gasteiger partial charge in [-0.2, -0.15) is 0 Å². The van der Waals surface area contributed by atoms with E-state index in [1.54, 1.807) is 25.4 Å². The van der Waals surface area contributed by atoms with Gasteiger partial charge in [0.2, 0.25) is 0 Å². The van der Waals surface area contributed by atoms with Gasteiger partial charge in [-0.3, -0.25) is 4.79 Å². The lowest BCUT2D eigenvalue weighted by molar-refractivity contribution is 0.0953. The fraction of sp³-hybridized carbons (Fsp3) is 0.368. The van der Waals surface area contributed by atoms with Gasteiger partial charge in [0.05, 0.1) is 7.11 Å². The molecule has 2 aromatic rings. The van der Waals surface area contributed by atoms with E-state index >= 15 is 0 Å². The highest BCUT2D eigenvalue weighted by molar-refractivity contribution is 5.94. The third-order valence-electron chi connectivity index (χ3n) is 3.74. The van der Waals surface area contributed by atoms with Gasteiger partial charge in [-0.25, -0.2) is 4.98 Å². The molecule has 0 saturated carbocycles. The number of benzene rings is 1. The molecular weight excluding hydrogens is 302 g/mol. The second-order valence-electron chi connectivity index (χ2n) is 5.56. The van der Waals surface area contributed by atoms with Crippen molar-refractivity contribution in [3.8, 4) is 5.75 Å². The summed E-state index contributed by atoms with van der Waals surface area (Å²) in [6, 6.07) is 11.3. The van der Waals surface area contributed by atoms with E-state index in [0.29, 0.717) is 24.5 Å². The maximum atomic E-state index is 12.1. The maximum Gasteiger partial charge on any atom is 0.251 e. The summed E-state index contributed by atoms with van der Waals surface area (Å²) in [6.07, 6.45) is 4.92. The number of nitrogens with zero attached hydrogens (tertiary/aromatic N) is 1. The predicted molar refractivity (Wildman–Crippen MR) is 96.4 cm³/mol. The number of hydrogen-bond acceptors (Lipinski definition) is 4. The van der Waals surface area contributed by atoms with Crippen LogP contribution in [0.4, 0.5) is 5.82 Å². The summed E-state index contributed by atoms with van der Waals surface area (Å²) in [6.45, 7) is 3.43. The van der Waals surface area contributed by atoms with E-state index in [0.717, 1.165) is 30.6 Å². The average molecular weight is 327 g/mol. The van der Waals surface area contributed by atoms with Crippen LogP contribution in [0.25, 0.3) is 0 Å². The number of hydrogen-bond donors (Lipinski definition) is 2. The minimum atomic E-state index is -0.0613. The number of ether oxygens (including phenoxy) is 1. The third kappa shape index (κ3) is 5.26. The molecule has 0 atom stereocenters. The molecule has 1 heterocycles. The van der Waals surface area contributed by atoms with Crippen LogP contribution >= 0.6 is 0 Å². The first kappa shape index (κ1) is 17.8. The zero-order valence-electron chi connectivity index (χ0n) is 14.3. The fourth-order valence-corrected chi connectivity index (χ4v) is 2.38. The summed E-state index contributed by atoms with van der Waals surface area (Å²) in [5, 5.41) is 6.17. The van der Waals surface area contributed by atoms with Gasteiger partial charge in [0.15, 0.2) is 0 Å². The summed E-state index contributed by atoms with van der Waals surface area (Å²) in [4.78, 5) is 16.4. The maximum absolute atomic E-state index is 12.1. The second kappa shape index (κ2) is 9.55. The van der Waals surface area contributed by atoms with Crippen molar-refractivity contribution < 1.29 is 9.53 Å². The lowest BCUT2D eigenvalue weighted by Crippen LogP contribution is -2.24. The quantitative estimate of drug-likeness (QED) is 0.691. The fourth-order valence-electron chi connectivity index (χ4n) is 2.38. The molecular formula is C19H25N3O2. The van der Waals surface area contributed by atoms with Crippen LogP contribution in [0, 0.1) is 0 Å². The van der Waals surface area contributed by atoms with Crippen LogP contribution < -0.4 is 15.4 Å². The number of pyridine rings is 1. The van der Waals surface area contributed by atoms with Gasteiger partial charge in [0, 0.05) is 30.4 Å². The van der Waals surface area contributed by atoms with Crippen molar-refractivity contribution in [1.29, 1.82) is 0 Å². The molecule has 0 spiro atoms. The normalized spacial score (nSPS) is 10.2. The van der Waals surface area contributed by atoms with E-state index in [-0.39, 0.29) is 5.91 Å². The number of amides is 1. The lowest BCUT2D eigenvalue weighted by atomic mass is 10.2. The first-order valence-electron chi connectivity index (χ1n) is 8.34. The Labute approximate surface area is 143 Å². The Kier molecular flexibility index (Phi) is 7.08. The number of rotatable bonds is 9. The molecule has 5 nitrogen and oxygen atoms in total. The van der Waals surface area contributed by atoms with Crippen LogP contribution in [0.3, 0.4) is 0 Å². The molecule has 5 heteroatoms. The highest BCUT2D eigenvalue weighted by Gasteiger charge is 2.07. The molecule has 1 amide bonds. The molecule has 2 rings (SSSR count). The minimum absolute atomic E-state index is 0.0613. The number of anilines is 1. The second-order valence-corrected chi connectivity index (χ2v) is 5.56. The van der Waals surface area contributed by atoms with Crippen molar-refractivity contribution in [1.82, 2.24) is 10.3 Å². The van der Waals surface area contributed by atoms with Crippen molar-refractivity contribution >= 4 is 11.7 Å². The van der Waals surface area contributed by atoms with Crippen LogP contribution in [0.15, 0.2) is 42.6 Å². The number of aromatic nitrogens is 1. The number of unbranched alkanes of at least 4 members (excludes halogenated alkanes) is 2. The van der Waals surface area contributed by atoms with Crippen LogP contribution in [0.2, 0.25) is 0 Å². The molecule has 24 heavy (non-hydrogen) atoms. The summed E-state index contributed by atoms with van der Waals surface area (Å²) < 4.78 is 5.34. The van der Waals surface area contributed by atoms with Gasteiger partial charge in [0.25, 0.3) is 5.91 Å². The summed E-state index contributed by atoms with van der Waals surface area (Å²) in [7, 11) is 1.65. The first-order chi connectivity index (χ1) is 11.7. The Hall–Kier alpha value is -2.56. The van der Waals surface area contributed by atoms with Crippen LogP contribution in [-0.4, -0.2) is 24.5 Å². The Morgan fingerprint density at radius 1 is 1.21 bits per heavy atom. The molecule has 0 unspecified atom stereocenters. The lowest BCUT2D eigenvalue weighted by Gasteiger charge is -2.11. The van der Waals surface area contributed by atoms with Crippen molar-refractivity contribution in [2.75, 3.05) is 19.0 Å². The SMILES string of the molecule is CCCCCNC(=O)c1ccnc(NCc2ccccc2OC)c1. The van der Waals surface area contributed by atoms with Gasteiger partial charge in [-0.1, -0.05) is 38.0 Å². The topological polar surface area (TPSA) is 63.2 Å². The van der Waals surface area contributed by atoms with Crippen molar-refractivity contribution in [2.24, 2.45) is 0 Å². The Bertz CT molecular complexity index is 659. The Morgan fingerprint density at radius 3 is 2.83 bits per heavy atom. The van der Waals surface area contributed by atoms with E-state index in [1.165, 1.54) is 0 Å². The highest BCUT2D eigenvalue weighted by atomic mass is 16.5. The average Bonchev–Trinajstić information content (AvgIpc) is 2.64. The van der Waals surface area contributed by atoms with Crippen molar-refractivity contribution in [2.45, 2.75) is 32.7 Å². The number of carbonyl (C=O) groups excluding carboxylic acids is 1. The van der Waals surface area contributed by atoms with Crippen LogP contribution in [0.5, 0.6) is 5.75 Å². The predicted octanol–water partition coefficient (Wildman–Crippen LogP) is 3.62. The molecule has 0 bridgehead atoms. The smallest absolute Gasteiger partial charge is 0.251 e. The van der Waals surface area contributed by atoms with E-state index < -0.39 is 0 Å². The molecule has 2 N–H and O–H groups in total. The highest BCUT2D eigenvalue weighted by Crippen LogP contribution is 2.18. The number of carbonyl (C=O) groups is 1.